The smallest absolute Gasteiger partial charge is 0.271 e. The molecule has 0 aromatic carbocycles. The van der Waals surface area contributed by atoms with Crippen LogP contribution in [0.2, 0.25) is 0 Å². The van der Waals surface area contributed by atoms with Gasteiger partial charge in [0, 0.05) is 68.6 Å². The third-order valence-corrected chi connectivity index (χ3v) is 5.06. The van der Waals surface area contributed by atoms with Crippen molar-refractivity contribution >= 4 is 11.6 Å². The van der Waals surface area contributed by atoms with Crippen molar-refractivity contribution in [3.8, 4) is 0 Å². The van der Waals surface area contributed by atoms with Gasteiger partial charge in [0.05, 0.1) is 5.71 Å². The summed E-state index contributed by atoms with van der Waals surface area (Å²) in [6, 6.07) is 3.41. The van der Waals surface area contributed by atoms with Gasteiger partial charge in [-0.1, -0.05) is 6.92 Å². The van der Waals surface area contributed by atoms with E-state index in [1.54, 1.807) is 24.5 Å². The zero-order valence-electron chi connectivity index (χ0n) is 12.8. The second kappa shape index (κ2) is 5.14. The summed E-state index contributed by atoms with van der Waals surface area (Å²) >= 11 is 0. The van der Waals surface area contributed by atoms with Crippen LogP contribution >= 0.6 is 0 Å². The Morgan fingerprint density at radius 3 is 2.50 bits per heavy atom. The summed E-state index contributed by atoms with van der Waals surface area (Å²) in [5.74, 6) is 0.276. The molecule has 0 aliphatic carbocycles. The van der Waals surface area contributed by atoms with Crippen molar-refractivity contribution in [1.82, 2.24) is 20.2 Å². The summed E-state index contributed by atoms with van der Waals surface area (Å²) in [5, 5.41) is 4.56. The molecule has 1 amide bonds. The van der Waals surface area contributed by atoms with E-state index in [4.69, 9.17) is 0 Å². The largest absolute Gasteiger partial charge is 0.300 e. The van der Waals surface area contributed by atoms with Gasteiger partial charge < -0.3 is 9.80 Å². The molecule has 1 N–H and O–H groups in total. The van der Waals surface area contributed by atoms with Crippen molar-refractivity contribution in [2.75, 3.05) is 39.3 Å². The molecule has 2 unspecified atom stereocenters. The van der Waals surface area contributed by atoms with E-state index in [2.05, 4.69) is 32.2 Å². The predicted octanol–water partition coefficient (Wildman–Crippen LogP) is 0.435. The number of piperidine rings is 2. The highest BCUT2D eigenvalue weighted by atomic mass is 16.2. The summed E-state index contributed by atoms with van der Waals surface area (Å²) in [5.41, 5.74) is 4.58. The molecule has 2 atom stereocenters. The normalized spacial score (nSPS) is 38.0. The Morgan fingerprint density at radius 2 is 1.91 bits per heavy atom. The molecule has 4 saturated heterocycles. The summed E-state index contributed by atoms with van der Waals surface area (Å²) in [6.45, 7) is 8.81. The first-order valence-corrected chi connectivity index (χ1v) is 7.87. The topological polar surface area (TPSA) is 60.8 Å². The van der Waals surface area contributed by atoms with Crippen LogP contribution in [0.4, 0.5) is 0 Å². The molecule has 4 aliphatic heterocycles. The van der Waals surface area contributed by atoms with Gasteiger partial charge in [-0.15, -0.1) is 0 Å². The number of rotatable bonds is 2. The third-order valence-electron chi connectivity index (χ3n) is 5.06. The molecule has 4 fully saturated rings. The van der Waals surface area contributed by atoms with Crippen LogP contribution in [0.1, 0.15) is 17.3 Å². The minimum atomic E-state index is -0.161. The van der Waals surface area contributed by atoms with Crippen LogP contribution in [-0.4, -0.2) is 65.7 Å². The van der Waals surface area contributed by atoms with Gasteiger partial charge in [-0.25, -0.2) is 5.43 Å². The van der Waals surface area contributed by atoms with Gasteiger partial charge in [-0.2, -0.15) is 5.10 Å². The minimum Gasteiger partial charge on any atom is -0.300 e. The number of nitrogens with one attached hydrogen (secondary N) is 1. The molecular weight excluding hydrogens is 278 g/mol. The van der Waals surface area contributed by atoms with Gasteiger partial charge in [0.2, 0.25) is 0 Å². The zero-order valence-corrected chi connectivity index (χ0v) is 12.8. The summed E-state index contributed by atoms with van der Waals surface area (Å²) in [4.78, 5) is 21.2. The second-order valence-electron chi connectivity index (χ2n) is 6.90. The number of pyridine rings is 1. The van der Waals surface area contributed by atoms with Crippen molar-refractivity contribution < 1.29 is 4.79 Å². The predicted molar refractivity (Wildman–Crippen MR) is 83.6 cm³/mol. The average Bonchev–Trinajstić information content (AvgIpc) is 2.74. The highest BCUT2D eigenvalue weighted by Gasteiger charge is 2.49. The first-order valence-electron chi connectivity index (χ1n) is 7.87. The molecule has 1 aromatic heterocycles. The molecule has 6 heteroatoms. The first-order chi connectivity index (χ1) is 10.6. The molecule has 22 heavy (non-hydrogen) atoms. The van der Waals surface area contributed by atoms with Crippen molar-refractivity contribution in [2.24, 2.45) is 16.4 Å². The molecule has 4 aliphatic rings. The Hall–Kier alpha value is -1.79. The maximum atomic E-state index is 12.2. The number of carbonyl (C=O) groups excluding carboxylic acids is 1. The molecule has 5 heterocycles. The number of nitrogens with zero attached hydrogens (tertiary/aromatic N) is 4. The number of amides is 1. The Bertz CT molecular complexity index is 598. The van der Waals surface area contributed by atoms with E-state index in [0.717, 1.165) is 39.3 Å². The molecule has 116 valence electrons. The van der Waals surface area contributed by atoms with Crippen LogP contribution in [0, 0.1) is 11.3 Å². The summed E-state index contributed by atoms with van der Waals surface area (Å²) in [6.07, 6.45) is 3.24. The maximum Gasteiger partial charge on any atom is 0.271 e. The minimum absolute atomic E-state index is 0.0587. The lowest BCUT2D eigenvalue weighted by atomic mass is 9.72. The van der Waals surface area contributed by atoms with E-state index in [0.29, 0.717) is 11.5 Å². The fourth-order valence-electron chi connectivity index (χ4n) is 4.20. The highest BCUT2D eigenvalue weighted by molar-refractivity contribution is 5.98. The fraction of sp³-hybridized carbons (Fsp3) is 0.562. The Labute approximate surface area is 130 Å². The Balaban J connectivity index is 1.56. The van der Waals surface area contributed by atoms with E-state index in [1.165, 1.54) is 5.71 Å². The SMILES string of the molecule is CC12CN3CCN(CC(C3)/C1=N\NC(=O)c1ccncc1)C2. The quantitative estimate of drug-likeness (QED) is 0.805. The second-order valence-corrected chi connectivity index (χ2v) is 6.90. The Morgan fingerprint density at radius 1 is 1.27 bits per heavy atom. The molecule has 0 spiro atoms. The average molecular weight is 299 g/mol. The molecule has 0 saturated carbocycles. The number of hydrogen-bond donors (Lipinski definition) is 1. The third kappa shape index (κ3) is 2.32. The maximum absolute atomic E-state index is 12.2. The number of hydrazone groups is 1. The summed E-state index contributed by atoms with van der Waals surface area (Å²) in [7, 11) is 0. The van der Waals surface area contributed by atoms with E-state index in [1.807, 2.05) is 0 Å². The number of aromatic nitrogens is 1. The lowest BCUT2D eigenvalue weighted by Crippen LogP contribution is -2.60. The van der Waals surface area contributed by atoms with E-state index in [9.17, 15) is 4.79 Å². The van der Waals surface area contributed by atoms with Crippen molar-refractivity contribution in [3.05, 3.63) is 30.1 Å². The monoisotopic (exact) mass is 299 g/mol. The standard InChI is InChI=1S/C16H21N5O/c1-16-10-20-6-7-21(11-16)9-13(8-20)14(16)18-19-15(22)12-2-4-17-5-3-12/h2-5,13H,6-11H2,1H3,(H,19,22)/b18-14+. The lowest BCUT2D eigenvalue weighted by molar-refractivity contribution is 0.0948. The molecule has 5 rings (SSSR count). The van der Waals surface area contributed by atoms with Gasteiger partial charge in [0.25, 0.3) is 5.91 Å². The van der Waals surface area contributed by atoms with Crippen molar-refractivity contribution in [1.29, 1.82) is 0 Å². The van der Waals surface area contributed by atoms with Crippen LogP contribution < -0.4 is 5.43 Å². The number of fused-ring (bicyclic) bond motifs is 1. The molecular formula is C16H21N5O. The van der Waals surface area contributed by atoms with Crippen molar-refractivity contribution in [3.63, 3.8) is 0 Å². The first kappa shape index (κ1) is 13.8. The van der Waals surface area contributed by atoms with Gasteiger partial charge >= 0.3 is 0 Å². The summed E-state index contributed by atoms with van der Waals surface area (Å²) < 4.78 is 0. The van der Waals surface area contributed by atoms with Crippen LogP contribution in [0.3, 0.4) is 0 Å². The molecule has 6 nitrogen and oxygen atoms in total. The van der Waals surface area contributed by atoms with Crippen LogP contribution in [-0.2, 0) is 0 Å². The number of carbonyl (C=O) groups is 1. The molecule has 1 aromatic rings. The van der Waals surface area contributed by atoms with Crippen LogP contribution in [0.25, 0.3) is 0 Å². The van der Waals surface area contributed by atoms with Crippen LogP contribution in [0.15, 0.2) is 29.6 Å². The number of hydrogen-bond acceptors (Lipinski definition) is 5. The fourth-order valence-corrected chi connectivity index (χ4v) is 4.20. The highest BCUT2D eigenvalue weighted by Crippen LogP contribution is 2.37. The van der Waals surface area contributed by atoms with Crippen LogP contribution in [0.5, 0.6) is 0 Å². The van der Waals surface area contributed by atoms with E-state index < -0.39 is 0 Å². The van der Waals surface area contributed by atoms with Gasteiger partial charge in [-0.05, 0) is 12.1 Å². The molecule has 0 radical (unpaired) electrons. The lowest BCUT2D eigenvalue weighted by Gasteiger charge is -2.48. The van der Waals surface area contributed by atoms with E-state index in [-0.39, 0.29) is 11.3 Å². The van der Waals surface area contributed by atoms with Gasteiger partial charge in [0.15, 0.2) is 0 Å². The Kier molecular flexibility index (Phi) is 3.23. The molecule has 4 bridgehead atoms. The van der Waals surface area contributed by atoms with Crippen molar-refractivity contribution in [2.45, 2.75) is 6.92 Å². The zero-order chi connectivity index (χ0) is 15.2. The van der Waals surface area contributed by atoms with E-state index >= 15 is 0 Å². The van der Waals surface area contributed by atoms with Gasteiger partial charge in [-0.3, -0.25) is 9.78 Å². The van der Waals surface area contributed by atoms with Gasteiger partial charge in [0.1, 0.15) is 0 Å².